The number of alkyl halides is 23. The second kappa shape index (κ2) is 19.0. The minimum absolute atomic E-state index is 0.0444. The molecule has 0 aliphatic heterocycles. The predicted molar refractivity (Wildman–Crippen MR) is 364 cm³/mol. The Labute approximate surface area is 537 Å². The van der Waals surface area contributed by atoms with E-state index in [9.17, 15) is 13.0 Å². The van der Waals surface area contributed by atoms with Gasteiger partial charge in [-0.05, 0) is 45.2 Å². The van der Waals surface area contributed by atoms with Crippen molar-refractivity contribution in [1.29, 1.82) is 0 Å². The van der Waals surface area contributed by atoms with Gasteiger partial charge in [-0.3, -0.25) is 4.55 Å². The molecule has 0 aliphatic rings. The zero-order valence-corrected chi connectivity index (χ0v) is 66.3. The van der Waals surface area contributed by atoms with Gasteiger partial charge in [0.15, 0.2) is 0 Å². The summed E-state index contributed by atoms with van der Waals surface area (Å²) in [5, 5.41) is 0. The van der Waals surface area contributed by atoms with Crippen LogP contribution in [0, 0.1) is 0 Å². The van der Waals surface area contributed by atoms with E-state index in [1.807, 2.05) is 45.2 Å². The molecule has 0 amide bonds. The average Bonchev–Trinajstić information content (AvgIpc) is 2.64. The lowest BCUT2D eigenvalue weighted by atomic mass is 10.1. The molecule has 3 nitrogen and oxygen atoms in total. The van der Waals surface area contributed by atoms with Gasteiger partial charge in [0.05, 0.1) is 0 Å². The summed E-state index contributed by atoms with van der Waals surface area (Å²) in [5.74, 6) is 0. The molecule has 0 heterocycles. The lowest BCUT2D eigenvalue weighted by Crippen LogP contribution is -2.71. The summed E-state index contributed by atoms with van der Waals surface area (Å²) < 4.78 is 30.2. The van der Waals surface area contributed by atoms with Crippen molar-refractivity contribution in [3.8, 4) is 0 Å². The standard InChI is InChI=1S/C11HI23O3S/c12-1(13,2(14,15)4(18,19)6(22,23)8(26,27)10(30,31)32)3(16,17)5(20,21)7(24,25)9(28,29)11(33,34)38(35,36)37/h(H,35,36,37). The Kier molecular flexibility index (Phi) is 27.3. The maximum Gasteiger partial charge on any atom is 0.291 e. The first kappa shape index (κ1) is 54.7. The Bertz CT molecular complexity index is 1000. The third-order valence-corrected chi connectivity index (χ3v) is 85.7. The van der Waals surface area contributed by atoms with E-state index in [0.717, 1.165) is 0 Å². The van der Waals surface area contributed by atoms with Crippen LogP contribution in [0.2, 0.25) is 0 Å². The molecule has 0 saturated heterocycles. The molecule has 0 unspecified atom stereocenters. The monoisotopic (exact) mass is 3130 g/mol. The van der Waals surface area contributed by atoms with Gasteiger partial charge >= 0.3 is 0 Å². The molecule has 0 aromatic heterocycles. The first-order valence-electron chi connectivity index (χ1n) is 7.57. The molecule has 0 spiro atoms. The van der Waals surface area contributed by atoms with E-state index in [0.29, 0.717) is 0 Å². The Hall–Kier alpha value is 16.7. The van der Waals surface area contributed by atoms with Gasteiger partial charge in [-0.1, -0.05) is 474 Å². The van der Waals surface area contributed by atoms with Crippen LogP contribution >= 0.6 is 520 Å². The van der Waals surface area contributed by atoms with Crippen LogP contribution in [0.15, 0.2) is 0 Å². The molecule has 38 heavy (non-hydrogen) atoms. The predicted octanol–water partition coefficient (Wildman–Crippen LogP) is 17.5. The van der Waals surface area contributed by atoms with E-state index >= 15 is 0 Å². The minimum Gasteiger partial charge on any atom is -0.284 e. The summed E-state index contributed by atoms with van der Waals surface area (Å²) in [6.07, 6.45) is 0. The van der Waals surface area contributed by atoms with E-state index < -0.39 is 16.6 Å². The maximum absolute atomic E-state index is 12.6. The Morgan fingerprint density at radius 2 is 0.474 bits per heavy atom. The number of rotatable bonds is 11. The third-order valence-electron chi connectivity index (χ3n) is 4.20. The van der Waals surface area contributed by atoms with E-state index in [4.69, 9.17) is 0 Å². The quantitative estimate of drug-likeness (QED) is 0.127. The zero-order valence-electron chi connectivity index (χ0n) is 15.9. The molecule has 0 aliphatic carbocycles. The van der Waals surface area contributed by atoms with Crippen LogP contribution < -0.4 is 0 Å². The van der Waals surface area contributed by atoms with Crippen LogP contribution in [0.1, 0.15) is 0 Å². The summed E-state index contributed by atoms with van der Waals surface area (Å²) >= 11 is 57.6. The molecule has 27 heteroatoms. The van der Waals surface area contributed by atoms with E-state index in [2.05, 4.69) is 474 Å². The van der Waals surface area contributed by atoms with Crippen molar-refractivity contribution in [2.24, 2.45) is 0 Å². The molecular weight excluding hydrogens is 3130 g/mol. The molecule has 1 N–H and O–H groups in total. The summed E-state index contributed by atoms with van der Waals surface area (Å²) in [6, 6.07) is 0. The topological polar surface area (TPSA) is 54.4 Å². The van der Waals surface area contributed by atoms with Crippen molar-refractivity contribution in [2.45, 2.75) is 13.1 Å². The summed E-state index contributed by atoms with van der Waals surface area (Å²) in [4.78, 5) is 0. The lowest BCUT2D eigenvalue weighted by Gasteiger charge is -2.60. The summed E-state index contributed by atoms with van der Waals surface area (Å²) in [7, 11) is -4.36. The van der Waals surface area contributed by atoms with Crippen LogP contribution in [-0.4, -0.2) is 26.0 Å². The SMILES string of the molecule is O=S(=O)(O)C(I)(I)C(I)(I)C(I)(I)C(I)(I)C(I)(I)C(I)(I)C(I)(I)C(I)(I)C(I)(I)C(I)(I)C(I)(I)I. The molecule has 230 valence electrons. The van der Waals surface area contributed by atoms with Crippen molar-refractivity contribution < 1.29 is 13.0 Å². The molecule has 0 aromatic rings. The first-order valence-corrected chi connectivity index (χ1v) is 33.8. The van der Waals surface area contributed by atoms with Gasteiger partial charge in [0.25, 0.3) is 10.1 Å². The van der Waals surface area contributed by atoms with Crippen LogP contribution in [0.25, 0.3) is 0 Å². The van der Waals surface area contributed by atoms with Crippen molar-refractivity contribution in [2.75, 3.05) is 0 Å². The number of halogens is 23. The summed E-state index contributed by atoms with van der Waals surface area (Å²) in [6.45, 7) is 0. The molecule has 0 bridgehead atoms. The van der Waals surface area contributed by atoms with Gasteiger partial charge in [-0.2, -0.15) is 8.42 Å². The van der Waals surface area contributed by atoms with Gasteiger partial charge in [0.2, 0.25) is 0.760 Å². The van der Waals surface area contributed by atoms with E-state index in [1.165, 1.54) is 0 Å². The summed E-state index contributed by atoms with van der Waals surface area (Å²) in [5.41, 5.74) is 0. The van der Waals surface area contributed by atoms with Crippen molar-refractivity contribution in [3.63, 3.8) is 0 Å². The highest BCUT2D eigenvalue weighted by Crippen LogP contribution is 2.82. The fraction of sp³-hybridized carbons (Fsp3) is 1.00. The van der Waals surface area contributed by atoms with E-state index in [-0.39, 0.29) is 6.58 Å². The highest BCUT2D eigenvalue weighted by Gasteiger charge is 2.80. The number of hydrogen-bond acceptors (Lipinski definition) is 2. The molecule has 0 fully saturated rings. The van der Waals surface area contributed by atoms with Crippen LogP contribution in [0.4, 0.5) is 0 Å². The first-order chi connectivity index (χ1) is 15.8. The average molecular weight is 3130 g/mol. The fourth-order valence-corrected chi connectivity index (χ4v) is 39.0. The Morgan fingerprint density at radius 3 is 0.632 bits per heavy atom. The molecule has 0 atom stereocenters. The third kappa shape index (κ3) is 10.5. The maximum atomic E-state index is 12.6. The lowest BCUT2D eigenvalue weighted by molar-refractivity contribution is 0.477. The van der Waals surface area contributed by atoms with Crippen LogP contribution in [0.3, 0.4) is 0 Å². The minimum atomic E-state index is -4.36. The van der Waals surface area contributed by atoms with E-state index in [1.54, 1.807) is 0 Å². The van der Waals surface area contributed by atoms with Gasteiger partial charge < -0.3 is 0 Å². The smallest absolute Gasteiger partial charge is 0.284 e. The molecular formula is C11HI23O3S. The molecule has 0 saturated carbocycles. The number of hydrogen-bond donors (Lipinski definition) is 1. The molecule has 0 aromatic carbocycles. The Morgan fingerprint density at radius 1 is 0.316 bits per heavy atom. The van der Waals surface area contributed by atoms with Crippen molar-refractivity contribution in [1.82, 2.24) is 0 Å². The van der Waals surface area contributed by atoms with Gasteiger partial charge in [-0.25, -0.2) is 0 Å². The normalized spacial score (nSPS) is 17.2. The highest BCUT2D eigenvalue weighted by molar-refractivity contribution is 14.3. The van der Waals surface area contributed by atoms with Crippen molar-refractivity contribution >= 4 is 530 Å². The van der Waals surface area contributed by atoms with Gasteiger partial charge in [0, 0.05) is 0 Å². The van der Waals surface area contributed by atoms with Gasteiger partial charge in [0.1, 0.15) is 12.3 Å². The molecule has 0 rings (SSSR count). The van der Waals surface area contributed by atoms with Crippen molar-refractivity contribution in [3.05, 3.63) is 0 Å². The van der Waals surface area contributed by atoms with Crippen LogP contribution in [0.5, 0.6) is 0 Å². The molecule has 0 radical (unpaired) electrons. The second-order valence-electron chi connectivity index (χ2n) is 6.66. The largest absolute Gasteiger partial charge is 0.291 e. The highest BCUT2D eigenvalue weighted by atomic mass is 127. The fourth-order valence-electron chi connectivity index (χ4n) is 1.90. The van der Waals surface area contributed by atoms with Crippen LogP contribution in [-0.2, 0) is 10.1 Å². The Balaban J connectivity index is 7.34. The zero-order chi connectivity index (χ0) is 32.0. The second-order valence-corrected chi connectivity index (χ2v) is 73.7. The van der Waals surface area contributed by atoms with Gasteiger partial charge in [-0.15, -0.1) is 0 Å².